The molecule has 100 valence electrons. The molecule has 3 heteroatoms. The zero-order chi connectivity index (χ0) is 13.8. The van der Waals surface area contributed by atoms with Gasteiger partial charge in [-0.25, -0.2) is 0 Å². The lowest BCUT2D eigenvalue weighted by Crippen LogP contribution is -2.41. The molecule has 0 unspecified atom stereocenters. The standard InChI is InChI=1S/C17H16N2O/c20-17(15-10-5-2-6-11-15)19-13-7-12-18-16(19)14-8-3-1-4-9-14/h1-6,8-11H,7,12-13H2. The maximum atomic E-state index is 12.6. The predicted octanol–water partition coefficient (Wildman–Crippen LogP) is 2.98. The largest absolute Gasteiger partial charge is 0.292 e. The second-order valence-corrected chi connectivity index (χ2v) is 4.75. The fraction of sp³-hybridized carbons (Fsp3) is 0.176. The van der Waals surface area contributed by atoms with Gasteiger partial charge >= 0.3 is 0 Å². The normalized spacial score (nSPS) is 14.8. The zero-order valence-electron chi connectivity index (χ0n) is 11.2. The van der Waals surface area contributed by atoms with Crippen LogP contribution in [0.4, 0.5) is 0 Å². The lowest BCUT2D eigenvalue weighted by atomic mass is 10.1. The Bertz CT molecular complexity index is 620. The van der Waals surface area contributed by atoms with Gasteiger partial charge in [0.2, 0.25) is 0 Å². The molecule has 1 aliphatic heterocycles. The van der Waals surface area contributed by atoms with Gasteiger partial charge in [0.1, 0.15) is 5.84 Å². The summed E-state index contributed by atoms with van der Waals surface area (Å²) < 4.78 is 0. The Morgan fingerprint density at radius 3 is 2.30 bits per heavy atom. The van der Waals surface area contributed by atoms with E-state index in [0.29, 0.717) is 5.56 Å². The molecule has 0 spiro atoms. The summed E-state index contributed by atoms with van der Waals surface area (Å²) in [4.78, 5) is 19.0. The van der Waals surface area contributed by atoms with E-state index in [4.69, 9.17) is 0 Å². The van der Waals surface area contributed by atoms with Gasteiger partial charge in [0, 0.05) is 24.2 Å². The molecule has 0 saturated heterocycles. The molecule has 1 amide bonds. The average molecular weight is 264 g/mol. The van der Waals surface area contributed by atoms with E-state index in [1.165, 1.54) is 0 Å². The van der Waals surface area contributed by atoms with Crippen molar-refractivity contribution in [1.82, 2.24) is 4.90 Å². The second-order valence-electron chi connectivity index (χ2n) is 4.75. The Balaban J connectivity index is 1.94. The lowest BCUT2D eigenvalue weighted by molar-refractivity contribution is 0.0842. The SMILES string of the molecule is O=C(c1ccccc1)N1CCCN=C1c1ccccc1. The molecule has 0 aliphatic carbocycles. The molecule has 3 rings (SSSR count). The first-order chi connectivity index (χ1) is 9.86. The molecule has 0 radical (unpaired) electrons. The maximum absolute atomic E-state index is 12.6. The lowest BCUT2D eigenvalue weighted by Gasteiger charge is -2.27. The zero-order valence-corrected chi connectivity index (χ0v) is 11.2. The number of nitrogens with zero attached hydrogens (tertiary/aromatic N) is 2. The number of aliphatic imine (C=N–C) groups is 1. The first-order valence-electron chi connectivity index (χ1n) is 6.83. The van der Waals surface area contributed by atoms with Gasteiger partial charge in [0.25, 0.3) is 5.91 Å². The Morgan fingerprint density at radius 2 is 1.60 bits per heavy atom. The first-order valence-corrected chi connectivity index (χ1v) is 6.83. The van der Waals surface area contributed by atoms with E-state index < -0.39 is 0 Å². The summed E-state index contributed by atoms with van der Waals surface area (Å²) in [7, 11) is 0. The Morgan fingerprint density at radius 1 is 0.950 bits per heavy atom. The van der Waals surface area contributed by atoms with Gasteiger partial charge in [-0.2, -0.15) is 0 Å². The van der Waals surface area contributed by atoms with Crippen LogP contribution in [-0.4, -0.2) is 29.7 Å². The van der Waals surface area contributed by atoms with Crippen LogP contribution in [0.1, 0.15) is 22.3 Å². The van der Waals surface area contributed by atoms with Gasteiger partial charge in [0.15, 0.2) is 0 Å². The summed E-state index contributed by atoms with van der Waals surface area (Å²) in [5, 5.41) is 0. The van der Waals surface area contributed by atoms with Crippen molar-refractivity contribution in [1.29, 1.82) is 0 Å². The van der Waals surface area contributed by atoms with Crippen molar-refractivity contribution in [3.05, 3.63) is 71.8 Å². The summed E-state index contributed by atoms with van der Waals surface area (Å²) in [5.74, 6) is 0.804. The molecule has 0 atom stereocenters. The minimum absolute atomic E-state index is 0.0212. The predicted molar refractivity (Wildman–Crippen MR) is 79.9 cm³/mol. The Hall–Kier alpha value is -2.42. The quantitative estimate of drug-likeness (QED) is 0.820. The van der Waals surface area contributed by atoms with E-state index >= 15 is 0 Å². The van der Waals surface area contributed by atoms with Crippen LogP contribution in [0.3, 0.4) is 0 Å². The maximum Gasteiger partial charge on any atom is 0.259 e. The van der Waals surface area contributed by atoms with Crippen molar-refractivity contribution in [2.75, 3.05) is 13.1 Å². The third kappa shape index (κ3) is 2.48. The summed E-state index contributed by atoms with van der Waals surface area (Å²) in [6, 6.07) is 19.3. The molecule has 0 N–H and O–H groups in total. The Kier molecular flexibility index (Phi) is 3.59. The highest BCUT2D eigenvalue weighted by Crippen LogP contribution is 2.15. The number of hydrogen-bond donors (Lipinski definition) is 0. The monoisotopic (exact) mass is 264 g/mol. The van der Waals surface area contributed by atoms with E-state index in [1.54, 1.807) is 4.90 Å². The second kappa shape index (κ2) is 5.70. The first kappa shape index (κ1) is 12.6. The molecule has 0 fully saturated rings. The minimum atomic E-state index is 0.0212. The summed E-state index contributed by atoms with van der Waals surface area (Å²) in [5.41, 5.74) is 1.70. The molecule has 0 saturated carbocycles. The fourth-order valence-corrected chi connectivity index (χ4v) is 2.37. The van der Waals surface area contributed by atoms with Crippen LogP contribution in [0.5, 0.6) is 0 Å². The van der Waals surface area contributed by atoms with Crippen molar-refractivity contribution in [3.8, 4) is 0 Å². The van der Waals surface area contributed by atoms with Gasteiger partial charge in [-0.15, -0.1) is 0 Å². The number of benzene rings is 2. The third-order valence-electron chi connectivity index (χ3n) is 3.35. The van der Waals surface area contributed by atoms with E-state index in [-0.39, 0.29) is 5.91 Å². The van der Waals surface area contributed by atoms with Crippen LogP contribution in [0, 0.1) is 0 Å². The number of carbonyl (C=O) groups excluding carboxylic acids is 1. The molecular weight excluding hydrogens is 248 g/mol. The van der Waals surface area contributed by atoms with Crippen LogP contribution in [0.25, 0.3) is 0 Å². The molecule has 1 heterocycles. The average Bonchev–Trinajstić information content (AvgIpc) is 2.56. The number of hydrogen-bond acceptors (Lipinski definition) is 2. The fourth-order valence-electron chi connectivity index (χ4n) is 2.37. The summed E-state index contributed by atoms with van der Waals surface area (Å²) in [6.07, 6.45) is 0.912. The molecule has 2 aromatic rings. The highest BCUT2D eigenvalue weighted by Gasteiger charge is 2.23. The van der Waals surface area contributed by atoms with Crippen LogP contribution >= 0.6 is 0 Å². The highest BCUT2D eigenvalue weighted by atomic mass is 16.2. The molecule has 20 heavy (non-hydrogen) atoms. The Labute approximate surface area is 118 Å². The van der Waals surface area contributed by atoms with E-state index in [9.17, 15) is 4.79 Å². The van der Waals surface area contributed by atoms with Gasteiger partial charge < -0.3 is 0 Å². The van der Waals surface area contributed by atoms with Gasteiger partial charge in [-0.3, -0.25) is 14.7 Å². The number of amides is 1. The summed E-state index contributed by atoms with van der Waals surface area (Å²) >= 11 is 0. The molecular formula is C17H16N2O. The minimum Gasteiger partial charge on any atom is -0.292 e. The van der Waals surface area contributed by atoms with Crippen molar-refractivity contribution in [3.63, 3.8) is 0 Å². The van der Waals surface area contributed by atoms with Gasteiger partial charge in [-0.1, -0.05) is 48.5 Å². The number of rotatable bonds is 2. The van der Waals surface area contributed by atoms with E-state index in [2.05, 4.69) is 4.99 Å². The summed E-state index contributed by atoms with van der Waals surface area (Å²) in [6.45, 7) is 1.50. The van der Waals surface area contributed by atoms with Crippen molar-refractivity contribution >= 4 is 11.7 Å². The van der Waals surface area contributed by atoms with E-state index in [1.807, 2.05) is 60.7 Å². The van der Waals surface area contributed by atoms with Crippen molar-refractivity contribution < 1.29 is 4.79 Å². The van der Waals surface area contributed by atoms with Crippen molar-refractivity contribution in [2.24, 2.45) is 4.99 Å². The van der Waals surface area contributed by atoms with Crippen LogP contribution < -0.4 is 0 Å². The van der Waals surface area contributed by atoms with Gasteiger partial charge in [-0.05, 0) is 18.6 Å². The smallest absolute Gasteiger partial charge is 0.259 e. The van der Waals surface area contributed by atoms with E-state index in [0.717, 1.165) is 30.9 Å². The molecule has 2 aromatic carbocycles. The molecule has 0 aromatic heterocycles. The molecule has 1 aliphatic rings. The van der Waals surface area contributed by atoms with Gasteiger partial charge in [0.05, 0.1) is 0 Å². The van der Waals surface area contributed by atoms with Crippen molar-refractivity contribution in [2.45, 2.75) is 6.42 Å². The molecule has 0 bridgehead atoms. The molecule has 3 nitrogen and oxygen atoms in total. The van der Waals surface area contributed by atoms with Crippen LogP contribution in [-0.2, 0) is 0 Å². The topological polar surface area (TPSA) is 32.7 Å². The van der Waals surface area contributed by atoms with Crippen LogP contribution in [0.15, 0.2) is 65.7 Å². The van der Waals surface area contributed by atoms with Crippen LogP contribution in [0.2, 0.25) is 0 Å². The number of carbonyl (C=O) groups is 1. The highest BCUT2D eigenvalue weighted by molar-refractivity contribution is 6.12. The third-order valence-corrected chi connectivity index (χ3v) is 3.35. The number of amidine groups is 1.